The molecule has 4 atom stereocenters. The average molecular weight is 475 g/mol. The molecule has 4 heteroatoms. The molecule has 4 nitrogen and oxygen atoms in total. The Morgan fingerprint density at radius 3 is 2.09 bits per heavy atom. The molecule has 1 heterocycles. The standard InChI is InChI=1S/C30H50O4/c1-19(2)11-9-12-20(3)17-25(29(32)33)18-21(4)13-10-15-30(8)16-14-26-24(7)27(31)22(5)23(6)28(26)34-30/h19-21,25,31H,9-18H2,1-8H3,(H,32,33)/t20-,21+,25?,30-/m0/s1. The van der Waals surface area contributed by atoms with E-state index in [2.05, 4.69) is 34.6 Å². The first-order valence-electron chi connectivity index (χ1n) is 13.6. The molecular weight excluding hydrogens is 424 g/mol. The number of benzene rings is 1. The van der Waals surface area contributed by atoms with Gasteiger partial charge < -0.3 is 14.9 Å². The molecule has 0 saturated heterocycles. The highest BCUT2D eigenvalue weighted by Gasteiger charge is 2.34. The SMILES string of the molecule is Cc1c(C)c2c(c(C)c1O)CC[C@](C)(CCC[C@@H](C)CC(C[C@@H](C)CCCC(C)C)C(=O)O)O2. The maximum atomic E-state index is 11.9. The second-order valence-corrected chi connectivity index (χ2v) is 12.0. The van der Waals surface area contributed by atoms with Gasteiger partial charge in [0.05, 0.1) is 5.92 Å². The minimum absolute atomic E-state index is 0.204. The Bertz CT molecular complexity index is 828. The Hall–Kier alpha value is -1.71. The van der Waals surface area contributed by atoms with Crippen LogP contribution in [-0.4, -0.2) is 21.8 Å². The van der Waals surface area contributed by atoms with Crippen LogP contribution in [0.5, 0.6) is 11.5 Å². The summed E-state index contributed by atoms with van der Waals surface area (Å²) < 4.78 is 6.57. The van der Waals surface area contributed by atoms with E-state index >= 15 is 0 Å². The van der Waals surface area contributed by atoms with Gasteiger partial charge in [-0.25, -0.2) is 0 Å². The maximum absolute atomic E-state index is 11.9. The van der Waals surface area contributed by atoms with Crippen LogP contribution in [0.15, 0.2) is 0 Å². The van der Waals surface area contributed by atoms with Crippen LogP contribution in [0.2, 0.25) is 0 Å². The lowest BCUT2D eigenvalue weighted by atomic mass is 9.82. The zero-order valence-corrected chi connectivity index (χ0v) is 23.1. The van der Waals surface area contributed by atoms with E-state index < -0.39 is 5.97 Å². The highest BCUT2D eigenvalue weighted by Crippen LogP contribution is 2.44. The first-order valence-corrected chi connectivity index (χ1v) is 13.6. The van der Waals surface area contributed by atoms with Crippen molar-refractivity contribution in [1.82, 2.24) is 0 Å². The second kappa shape index (κ2) is 12.3. The van der Waals surface area contributed by atoms with Gasteiger partial charge in [0, 0.05) is 5.56 Å². The van der Waals surface area contributed by atoms with Crippen LogP contribution in [-0.2, 0) is 11.2 Å². The highest BCUT2D eigenvalue weighted by molar-refractivity contribution is 5.69. The molecule has 2 rings (SSSR count). The van der Waals surface area contributed by atoms with Crippen molar-refractivity contribution in [2.75, 3.05) is 0 Å². The molecule has 0 saturated carbocycles. The number of hydrogen-bond acceptors (Lipinski definition) is 3. The second-order valence-electron chi connectivity index (χ2n) is 12.0. The van der Waals surface area contributed by atoms with Gasteiger partial charge in [0.2, 0.25) is 0 Å². The fourth-order valence-corrected chi connectivity index (χ4v) is 5.67. The van der Waals surface area contributed by atoms with Gasteiger partial charge in [-0.05, 0) is 101 Å². The van der Waals surface area contributed by atoms with Crippen LogP contribution in [0, 0.1) is 44.4 Å². The summed E-state index contributed by atoms with van der Waals surface area (Å²) in [4.78, 5) is 11.9. The lowest BCUT2D eigenvalue weighted by Gasteiger charge is -2.38. The Morgan fingerprint density at radius 1 is 0.941 bits per heavy atom. The third-order valence-electron chi connectivity index (χ3n) is 8.20. The summed E-state index contributed by atoms with van der Waals surface area (Å²) in [6, 6.07) is 0. The van der Waals surface area contributed by atoms with Gasteiger partial charge in [-0.2, -0.15) is 0 Å². The molecule has 34 heavy (non-hydrogen) atoms. The summed E-state index contributed by atoms with van der Waals surface area (Å²) >= 11 is 0. The molecule has 1 unspecified atom stereocenters. The van der Waals surface area contributed by atoms with Gasteiger partial charge in [-0.3, -0.25) is 4.79 Å². The number of carbonyl (C=O) groups is 1. The molecule has 0 amide bonds. The fourth-order valence-electron chi connectivity index (χ4n) is 5.67. The zero-order valence-electron chi connectivity index (χ0n) is 23.1. The third kappa shape index (κ3) is 7.65. The van der Waals surface area contributed by atoms with Gasteiger partial charge in [-0.15, -0.1) is 0 Å². The smallest absolute Gasteiger partial charge is 0.306 e. The van der Waals surface area contributed by atoms with E-state index in [1.807, 2.05) is 20.8 Å². The van der Waals surface area contributed by atoms with Crippen molar-refractivity contribution < 1.29 is 19.7 Å². The number of aliphatic carboxylic acids is 1. The molecule has 0 aliphatic carbocycles. The fraction of sp³-hybridized carbons (Fsp3) is 0.767. The van der Waals surface area contributed by atoms with Crippen LogP contribution >= 0.6 is 0 Å². The van der Waals surface area contributed by atoms with Crippen molar-refractivity contribution in [2.24, 2.45) is 23.7 Å². The number of phenols is 1. The molecule has 0 fully saturated rings. The Morgan fingerprint density at radius 2 is 1.53 bits per heavy atom. The van der Waals surface area contributed by atoms with Gasteiger partial charge in [-0.1, -0.05) is 53.4 Å². The predicted octanol–water partition coefficient (Wildman–Crippen LogP) is 8.15. The summed E-state index contributed by atoms with van der Waals surface area (Å²) in [5.41, 5.74) is 3.85. The maximum Gasteiger partial charge on any atom is 0.306 e. The van der Waals surface area contributed by atoms with E-state index in [-0.39, 0.29) is 11.5 Å². The quantitative estimate of drug-likeness (QED) is 0.303. The van der Waals surface area contributed by atoms with Crippen molar-refractivity contribution in [3.8, 4) is 11.5 Å². The highest BCUT2D eigenvalue weighted by atomic mass is 16.5. The van der Waals surface area contributed by atoms with Crippen LogP contribution in [0.4, 0.5) is 0 Å². The van der Waals surface area contributed by atoms with Crippen LogP contribution in [0.3, 0.4) is 0 Å². The van der Waals surface area contributed by atoms with Crippen LogP contribution < -0.4 is 4.74 Å². The first-order chi connectivity index (χ1) is 15.8. The molecule has 1 aliphatic rings. The Labute approximate surface area is 208 Å². The van der Waals surface area contributed by atoms with E-state index in [0.29, 0.717) is 17.6 Å². The molecule has 0 spiro atoms. The predicted molar refractivity (Wildman–Crippen MR) is 141 cm³/mol. The Kier molecular flexibility index (Phi) is 10.3. The number of fused-ring (bicyclic) bond motifs is 1. The molecule has 2 N–H and O–H groups in total. The minimum atomic E-state index is -0.633. The molecular formula is C30H50O4. The summed E-state index contributed by atoms with van der Waals surface area (Å²) in [6.07, 6.45) is 10.0. The van der Waals surface area contributed by atoms with E-state index in [9.17, 15) is 15.0 Å². The number of hydrogen-bond donors (Lipinski definition) is 2. The number of rotatable bonds is 13. The molecule has 0 aromatic heterocycles. The molecule has 194 valence electrons. The van der Waals surface area contributed by atoms with Crippen LogP contribution in [0.25, 0.3) is 0 Å². The monoisotopic (exact) mass is 474 g/mol. The van der Waals surface area contributed by atoms with E-state index in [1.54, 1.807) is 0 Å². The third-order valence-corrected chi connectivity index (χ3v) is 8.20. The van der Waals surface area contributed by atoms with E-state index in [4.69, 9.17) is 4.74 Å². The van der Waals surface area contributed by atoms with Gasteiger partial charge >= 0.3 is 5.97 Å². The van der Waals surface area contributed by atoms with Crippen LogP contribution in [0.1, 0.15) is 115 Å². The van der Waals surface area contributed by atoms with Gasteiger partial charge in [0.15, 0.2) is 0 Å². The summed E-state index contributed by atoms with van der Waals surface area (Å²) in [7, 11) is 0. The van der Waals surface area contributed by atoms with E-state index in [0.717, 1.165) is 85.3 Å². The number of carboxylic acid groups (broad SMARTS) is 1. The Balaban J connectivity index is 1.87. The first kappa shape index (κ1) is 28.5. The summed E-state index contributed by atoms with van der Waals surface area (Å²) in [5.74, 6) is 2.08. The number of aromatic hydroxyl groups is 1. The molecule has 0 bridgehead atoms. The van der Waals surface area contributed by atoms with Crippen molar-refractivity contribution >= 4 is 5.97 Å². The minimum Gasteiger partial charge on any atom is -0.507 e. The van der Waals surface area contributed by atoms with Crippen molar-refractivity contribution in [3.05, 3.63) is 22.3 Å². The van der Waals surface area contributed by atoms with Crippen molar-refractivity contribution in [2.45, 2.75) is 125 Å². The molecule has 1 aromatic carbocycles. The molecule has 1 aliphatic heterocycles. The van der Waals surface area contributed by atoms with Gasteiger partial charge in [0.25, 0.3) is 0 Å². The topological polar surface area (TPSA) is 66.8 Å². The van der Waals surface area contributed by atoms with Gasteiger partial charge in [0.1, 0.15) is 17.1 Å². The van der Waals surface area contributed by atoms with E-state index in [1.165, 1.54) is 12.8 Å². The van der Waals surface area contributed by atoms with Crippen molar-refractivity contribution in [1.29, 1.82) is 0 Å². The summed E-state index contributed by atoms with van der Waals surface area (Å²) in [5, 5.41) is 20.2. The summed E-state index contributed by atoms with van der Waals surface area (Å²) in [6.45, 7) is 17.1. The number of ether oxygens (including phenoxy) is 1. The molecule has 0 radical (unpaired) electrons. The van der Waals surface area contributed by atoms with Crippen molar-refractivity contribution in [3.63, 3.8) is 0 Å². The number of phenolic OH excluding ortho intramolecular Hbond substituents is 1. The normalized spacial score (nSPS) is 20.5. The number of carboxylic acids is 1. The largest absolute Gasteiger partial charge is 0.507 e. The average Bonchev–Trinajstić information content (AvgIpc) is 2.75. The zero-order chi connectivity index (χ0) is 25.6. The lowest BCUT2D eigenvalue weighted by molar-refractivity contribution is -0.143. The lowest BCUT2D eigenvalue weighted by Crippen LogP contribution is -2.37. The molecule has 1 aromatic rings.